The van der Waals surface area contributed by atoms with Crippen molar-refractivity contribution in [3.05, 3.63) is 15.9 Å². The number of nitrogens with one attached hydrogen (secondary N) is 1. The lowest BCUT2D eigenvalue weighted by Gasteiger charge is -2.19. The highest BCUT2D eigenvalue weighted by atomic mass is 79.9. The lowest BCUT2D eigenvalue weighted by molar-refractivity contribution is 0.366. The molecule has 1 N–H and O–H groups in total. The van der Waals surface area contributed by atoms with Gasteiger partial charge in [-0.1, -0.05) is 13.8 Å². The van der Waals surface area contributed by atoms with E-state index in [9.17, 15) is 0 Å². The number of nitrogens with zero attached hydrogens (tertiary/aromatic N) is 2. The lowest BCUT2D eigenvalue weighted by Crippen LogP contribution is -2.32. The molecule has 0 aromatic carbocycles. The van der Waals surface area contributed by atoms with E-state index in [4.69, 9.17) is 0 Å². The van der Waals surface area contributed by atoms with Crippen LogP contribution in [-0.2, 0) is 13.6 Å². The van der Waals surface area contributed by atoms with Crippen LogP contribution in [0.15, 0.2) is 4.47 Å². The molecule has 1 aromatic rings. The van der Waals surface area contributed by atoms with Crippen molar-refractivity contribution in [1.82, 2.24) is 15.1 Å². The molecule has 96 valence electrons. The lowest BCUT2D eigenvalue weighted by atomic mass is 9.98. The number of rotatable bonds is 3. The Kier molecular flexibility index (Phi) is 3.93. The van der Waals surface area contributed by atoms with Gasteiger partial charge in [0.25, 0.3) is 0 Å². The van der Waals surface area contributed by atoms with Crippen LogP contribution in [0.1, 0.15) is 38.1 Å². The molecule has 1 saturated carbocycles. The van der Waals surface area contributed by atoms with E-state index in [0.29, 0.717) is 6.04 Å². The molecule has 1 heterocycles. The molecule has 1 aromatic heterocycles. The van der Waals surface area contributed by atoms with Gasteiger partial charge in [0.15, 0.2) is 0 Å². The zero-order valence-electron chi connectivity index (χ0n) is 11.1. The maximum absolute atomic E-state index is 4.42. The third-order valence-corrected chi connectivity index (χ3v) is 5.29. The van der Waals surface area contributed by atoms with Gasteiger partial charge in [-0.2, -0.15) is 5.10 Å². The van der Waals surface area contributed by atoms with E-state index in [0.717, 1.165) is 28.5 Å². The minimum Gasteiger partial charge on any atom is -0.308 e. The zero-order valence-corrected chi connectivity index (χ0v) is 12.7. The Bertz CT molecular complexity index is 400. The topological polar surface area (TPSA) is 29.9 Å². The second-order valence-electron chi connectivity index (χ2n) is 5.37. The van der Waals surface area contributed by atoms with Crippen LogP contribution in [0.5, 0.6) is 0 Å². The molecule has 1 aliphatic carbocycles. The Labute approximate surface area is 112 Å². The van der Waals surface area contributed by atoms with Gasteiger partial charge in [0.2, 0.25) is 0 Å². The van der Waals surface area contributed by atoms with Crippen molar-refractivity contribution in [2.24, 2.45) is 18.9 Å². The van der Waals surface area contributed by atoms with Gasteiger partial charge in [-0.25, -0.2) is 0 Å². The first-order valence-electron chi connectivity index (χ1n) is 6.42. The van der Waals surface area contributed by atoms with E-state index < -0.39 is 0 Å². The monoisotopic (exact) mass is 299 g/mol. The Morgan fingerprint density at radius 3 is 2.59 bits per heavy atom. The predicted octanol–water partition coefficient (Wildman–Crippen LogP) is 3.02. The van der Waals surface area contributed by atoms with E-state index in [1.54, 1.807) is 0 Å². The molecule has 3 atom stereocenters. The molecule has 0 saturated heterocycles. The third kappa shape index (κ3) is 2.58. The summed E-state index contributed by atoms with van der Waals surface area (Å²) in [6.07, 6.45) is 2.65. The van der Waals surface area contributed by atoms with Crippen LogP contribution in [-0.4, -0.2) is 15.8 Å². The molecule has 17 heavy (non-hydrogen) atoms. The van der Waals surface area contributed by atoms with E-state index in [1.807, 2.05) is 18.7 Å². The second-order valence-corrected chi connectivity index (χ2v) is 6.16. The van der Waals surface area contributed by atoms with Crippen molar-refractivity contribution < 1.29 is 0 Å². The van der Waals surface area contributed by atoms with Gasteiger partial charge < -0.3 is 5.32 Å². The summed E-state index contributed by atoms with van der Waals surface area (Å²) in [6, 6.07) is 0.659. The summed E-state index contributed by atoms with van der Waals surface area (Å²) < 4.78 is 3.11. The van der Waals surface area contributed by atoms with Gasteiger partial charge in [-0.05, 0) is 47.5 Å². The van der Waals surface area contributed by atoms with E-state index in [2.05, 4.69) is 40.2 Å². The summed E-state index contributed by atoms with van der Waals surface area (Å²) >= 11 is 3.61. The fraction of sp³-hybridized carbons (Fsp3) is 0.769. The maximum atomic E-state index is 4.42. The highest BCUT2D eigenvalue weighted by molar-refractivity contribution is 9.10. The first-order chi connectivity index (χ1) is 8.00. The van der Waals surface area contributed by atoms with E-state index in [-0.39, 0.29) is 0 Å². The SMILES string of the molecule is Cc1nn(C)c(CNC2CCC(C)C2C)c1Br. The standard InChI is InChI=1S/C13H22BrN3/c1-8-5-6-11(9(8)2)15-7-12-13(14)10(3)16-17(12)4/h8-9,11,15H,5-7H2,1-4H3. The largest absolute Gasteiger partial charge is 0.308 e. The molecule has 4 heteroatoms. The van der Waals surface area contributed by atoms with Crippen LogP contribution < -0.4 is 5.32 Å². The van der Waals surface area contributed by atoms with Crippen LogP contribution in [0.4, 0.5) is 0 Å². The highest BCUT2D eigenvalue weighted by Crippen LogP contribution is 2.31. The van der Waals surface area contributed by atoms with Crippen LogP contribution in [0.25, 0.3) is 0 Å². The molecule has 0 spiro atoms. The Balaban J connectivity index is 1.98. The third-order valence-electron chi connectivity index (χ3n) is 4.26. The predicted molar refractivity (Wildman–Crippen MR) is 73.8 cm³/mol. The van der Waals surface area contributed by atoms with Crippen LogP contribution in [0.2, 0.25) is 0 Å². The number of hydrogen-bond acceptors (Lipinski definition) is 2. The average molecular weight is 300 g/mol. The van der Waals surface area contributed by atoms with Crippen LogP contribution in [0, 0.1) is 18.8 Å². The minimum absolute atomic E-state index is 0.659. The summed E-state index contributed by atoms with van der Waals surface area (Å²) in [5.74, 6) is 1.63. The summed E-state index contributed by atoms with van der Waals surface area (Å²) in [5, 5.41) is 8.10. The Hall–Kier alpha value is -0.350. The fourth-order valence-electron chi connectivity index (χ4n) is 2.75. The normalized spacial score (nSPS) is 28.9. The van der Waals surface area contributed by atoms with Gasteiger partial charge in [0.05, 0.1) is 15.9 Å². The molecule has 0 radical (unpaired) electrons. The smallest absolute Gasteiger partial charge is 0.0739 e. The number of halogens is 1. The molecule has 0 amide bonds. The molecule has 3 unspecified atom stereocenters. The van der Waals surface area contributed by atoms with Crippen molar-refractivity contribution in [3.8, 4) is 0 Å². The highest BCUT2D eigenvalue weighted by Gasteiger charge is 2.29. The number of aromatic nitrogens is 2. The molecular formula is C13H22BrN3. The van der Waals surface area contributed by atoms with Crippen molar-refractivity contribution in [3.63, 3.8) is 0 Å². The van der Waals surface area contributed by atoms with E-state index in [1.165, 1.54) is 18.5 Å². The van der Waals surface area contributed by atoms with Crippen molar-refractivity contribution in [2.45, 2.75) is 46.2 Å². The van der Waals surface area contributed by atoms with E-state index >= 15 is 0 Å². The van der Waals surface area contributed by atoms with Crippen molar-refractivity contribution in [2.75, 3.05) is 0 Å². The summed E-state index contributed by atoms with van der Waals surface area (Å²) in [6.45, 7) is 7.66. The van der Waals surface area contributed by atoms with Crippen LogP contribution >= 0.6 is 15.9 Å². The summed E-state index contributed by atoms with van der Waals surface area (Å²) in [5.41, 5.74) is 2.31. The van der Waals surface area contributed by atoms with Crippen molar-refractivity contribution in [1.29, 1.82) is 0 Å². The van der Waals surface area contributed by atoms with Gasteiger partial charge in [-0.3, -0.25) is 4.68 Å². The Morgan fingerprint density at radius 2 is 2.12 bits per heavy atom. The molecule has 0 bridgehead atoms. The molecular weight excluding hydrogens is 278 g/mol. The molecule has 1 aliphatic rings. The second kappa shape index (κ2) is 5.11. The summed E-state index contributed by atoms with van der Waals surface area (Å²) in [4.78, 5) is 0. The van der Waals surface area contributed by atoms with Gasteiger partial charge in [0.1, 0.15) is 0 Å². The fourth-order valence-corrected chi connectivity index (χ4v) is 3.23. The number of hydrogen-bond donors (Lipinski definition) is 1. The van der Waals surface area contributed by atoms with Crippen molar-refractivity contribution >= 4 is 15.9 Å². The average Bonchev–Trinajstić information content (AvgIpc) is 2.71. The Morgan fingerprint density at radius 1 is 1.41 bits per heavy atom. The summed E-state index contributed by atoms with van der Waals surface area (Å²) in [7, 11) is 2.01. The first-order valence-corrected chi connectivity index (χ1v) is 7.21. The first kappa shape index (κ1) is 13.1. The zero-order chi connectivity index (χ0) is 12.6. The van der Waals surface area contributed by atoms with Gasteiger partial charge in [0, 0.05) is 19.6 Å². The molecule has 0 aliphatic heterocycles. The van der Waals surface area contributed by atoms with Crippen LogP contribution in [0.3, 0.4) is 0 Å². The molecule has 1 fully saturated rings. The molecule has 3 nitrogen and oxygen atoms in total. The van der Waals surface area contributed by atoms with Gasteiger partial charge in [-0.15, -0.1) is 0 Å². The number of aryl methyl sites for hydroxylation is 2. The van der Waals surface area contributed by atoms with Gasteiger partial charge >= 0.3 is 0 Å². The quantitative estimate of drug-likeness (QED) is 0.930. The minimum atomic E-state index is 0.659. The maximum Gasteiger partial charge on any atom is 0.0739 e. The molecule has 2 rings (SSSR count).